The molecule has 0 unspecified atom stereocenters. The second kappa shape index (κ2) is 11.7. The van der Waals surface area contributed by atoms with Crippen LogP contribution >= 0.6 is 0 Å². The van der Waals surface area contributed by atoms with E-state index in [9.17, 15) is 0 Å². The van der Waals surface area contributed by atoms with Crippen LogP contribution in [0.25, 0.3) is 17.7 Å². The highest BCUT2D eigenvalue weighted by molar-refractivity contribution is 5.80. The third kappa shape index (κ3) is 5.99. The number of benzene rings is 4. The lowest BCUT2D eigenvalue weighted by Gasteiger charge is -2.13. The first kappa shape index (κ1) is 23.8. The molecule has 0 atom stereocenters. The Morgan fingerprint density at radius 1 is 0.514 bits per heavy atom. The molecule has 0 aliphatic rings. The van der Waals surface area contributed by atoms with Gasteiger partial charge in [0.2, 0.25) is 0 Å². The largest absolute Gasteiger partial charge is 0.457 e. The first-order chi connectivity index (χ1) is 17.2. The fourth-order valence-corrected chi connectivity index (χ4v) is 3.94. The Bertz CT molecular complexity index is 1240. The van der Waals surface area contributed by atoms with Crippen molar-refractivity contribution in [3.05, 3.63) is 138 Å². The average Bonchev–Trinajstić information content (AvgIpc) is 2.89. The maximum atomic E-state index is 6.14. The minimum Gasteiger partial charge on any atom is -0.457 e. The van der Waals surface area contributed by atoms with E-state index in [0.717, 1.165) is 50.8 Å². The minimum atomic E-state index is 0.810. The molecule has 0 aromatic heterocycles. The van der Waals surface area contributed by atoms with Crippen LogP contribution in [-0.4, -0.2) is 0 Å². The Labute approximate surface area is 208 Å². The molecule has 0 fully saturated rings. The summed E-state index contributed by atoms with van der Waals surface area (Å²) in [6.07, 6.45) is 10.3. The highest BCUT2D eigenvalue weighted by Gasteiger charge is 2.08. The zero-order valence-electron chi connectivity index (χ0n) is 20.4. The number of ether oxygens (including phenoxy) is 2. The van der Waals surface area contributed by atoms with Crippen molar-refractivity contribution in [1.29, 1.82) is 0 Å². The maximum absolute atomic E-state index is 6.14. The molecular formula is C33H30O2. The second-order valence-corrected chi connectivity index (χ2v) is 8.03. The smallest absolute Gasteiger partial charge is 0.134 e. The first-order valence-corrected chi connectivity index (χ1v) is 11.9. The Kier molecular flexibility index (Phi) is 7.98. The molecule has 0 aliphatic carbocycles. The fraction of sp³-hybridized carbons (Fsp3) is 0.0909. The van der Waals surface area contributed by atoms with Gasteiger partial charge in [-0.05, 0) is 73.9 Å². The summed E-state index contributed by atoms with van der Waals surface area (Å²) in [6, 6.07) is 32.5. The van der Waals surface area contributed by atoms with Crippen molar-refractivity contribution in [3.8, 4) is 23.0 Å². The number of para-hydroxylation sites is 2. The molecule has 2 heteroatoms. The van der Waals surface area contributed by atoms with Crippen LogP contribution in [0.1, 0.15) is 43.0 Å². The molecule has 0 bridgehead atoms. The van der Waals surface area contributed by atoms with E-state index < -0.39 is 0 Å². The van der Waals surface area contributed by atoms with E-state index in [1.807, 2.05) is 111 Å². The molecule has 4 rings (SSSR count). The Morgan fingerprint density at radius 2 is 0.914 bits per heavy atom. The summed E-state index contributed by atoms with van der Waals surface area (Å²) in [7, 11) is 0. The molecular weight excluding hydrogens is 428 g/mol. The van der Waals surface area contributed by atoms with Crippen LogP contribution in [-0.2, 0) is 0 Å². The van der Waals surface area contributed by atoms with Gasteiger partial charge >= 0.3 is 0 Å². The van der Waals surface area contributed by atoms with Gasteiger partial charge in [-0.25, -0.2) is 0 Å². The summed E-state index contributed by atoms with van der Waals surface area (Å²) in [5, 5.41) is 0. The monoisotopic (exact) mass is 458 g/mol. The van der Waals surface area contributed by atoms with Crippen LogP contribution in [0.3, 0.4) is 0 Å². The number of hydrogen-bond acceptors (Lipinski definition) is 2. The zero-order valence-corrected chi connectivity index (χ0v) is 20.4. The molecule has 174 valence electrons. The predicted molar refractivity (Wildman–Crippen MR) is 148 cm³/mol. The fourth-order valence-electron chi connectivity index (χ4n) is 3.94. The molecule has 0 amide bonds. The molecule has 4 aromatic carbocycles. The number of hydrogen-bond donors (Lipinski definition) is 0. The van der Waals surface area contributed by atoms with Crippen molar-refractivity contribution in [2.24, 2.45) is 0 Å². The molecule has 4 aromatic rings. The summed E-state index contributed by atoms with van der Waals surface area (Å²) in [5.74, 6) is 3.31. The van der Waals surface area contributed by atoms with Gasteiger partial charge in [-0.3, -0.25) is 0 Å². The van der Waals surface area contributed by atoms with Gasteiger partial charge in [0.1, 0.15) is 23.0 Å². The van der Waals surface area contributed by atoms with Crippen LogP contribution in [0, 0.1) is 0 Å². The SMILES string of the molecule is CC=C(c1ccc(Oc2ccccc2/C=C/C)cc1)c1ccc(Oc2ccccc2/C=C/C)cc1. The topological polar surface area (TPSA) is 18.5 Å². The molecule has 35 heavy (non-hydrogen) atoms. The molecule has 0 radical (unpaired) electrons. The van der Waals surface area contributed by atoms with E-state index in [2.05, 4.69) is 37.3 Å². The molecule has 0 N–H and O–H groups in total. The second-order valence-electron chi connectivity index (χ2n) is 8.03. The summed E-state index contributed by atoms with van der Waals surface area (Å²) in [5.41, 5.74) is 5.54. The van der Waals surface area contributed by atoms with E-state index in [4.69, 9.17) is 9.47 Å². The van der Waals surface area contributed by atoms with E-state index in [0.29, 0.717) is 0 Å². The Morgan fingerprint density at radius 3 is 1.29 bits per heavy atom. The van der Waals surface area contributed by atoms with Gasteiger partial charge in [0.25, 0.3) is 0 Å². The van der Waals surface area contributed by atoms with E-state index >= 15 is 0 Å². The third-order valence-corrected chi connectivity index (χ3v) is 5.61. The van der Waals surface area contributed by atoms with Crippen LogP contribution in [0.15, 0.2) is 115 Å². The lowest BCUT2D eigenvalue weighted by molar-refractivity contribution is 0.481. The van der Waals surface area contributed by atoms with E-state index in [1.54, 1.807) is 0 Å². The normalized spacial score (nSPS) is 11.1. The lowest BCUT2D eigenvalue weighted by Crippen LogP contribution is -1.91. The highest BCUT2D eigenvalue weighted by Crippen LogP contribution is 2.31. The quantitative estimate of drug-likeness (QED) is 0.261. The molecule has 0 saturated carbocycles. The first-order valence-electron chi connectivity index (χ1n) is 11.9. The molecule has 0 heterocycles. The summed E-state index contributed by atoms with van der Waals surface area (Å²) < 4.78 is 12.3. The van der Waals surface area contributed by atoms with Gasteiger partial charge in [0.05, 0.1) is 0 Å². The van der Waals surface area contributed by atoms with Crippen molar-refractivity contribution >= 4 is 17.7 Å². The van der Waals surface area contributed by atoms with Crippen LogP contribution in [0.5, 0.6) is 23.0 Å². The van der Waals surface area contributed by atoms with Crippen LogP contribution < -0.4 is 9.47 Å². The van der Waals surface area contributed by atoms with Gasteiger partial charge in [0.15, 0.2) is 0 Å². The molecule has 2 nitrogen and oxygen atoms in total. The van der Waals surface area contributed by atoms with Crippen molar-refractivity contribution in [2.75, 3.05) is 0 Å². The van der Waals surface area contributed by atoms with Crippen molar-refractivity contribution in [1.82, 2.24) is 0 Å². The van der Waals surface area contributed by atoms with E-state index in [1.165, 1.54) is 0 Å². The average molecular weight is 459 g/mol. The molecule has 0 spiro atoms. The van der Waals surface area contributed by atoms with Crippen molar-refractivity contribution < 1.29 is 9.47 Å². The highest BCUT2D eigenvalue weighted by atomic mass is 16.5. The number of rotatable bonds is 8. The lowest BCUT2D eigenvalue weighted by atomic mass is 9.97. The zero-order chi connectivity index (χ0) is 24.5. The van der Waals surface area contributed by atoms with Gasteiger partial charge in [0, 0.05) is 11.1 Å². The van der Waals surface area contributed by atoms with Crippen molar-refractivity contribution in [3.63, 3.8) is 0 Å². The summed E-state index contributed by atoms with van der Waals surface area (Å²) >= 11 is 0. The van der Waals surface area contributed by atoms with Gasteiger partial charge in [-0.1, -0.05) is 91.0 Å². The van der Waals surface area contributed by atoms with Crippen molar-refractivity contribution in [2.45, 2.75) is 20.8 Å². The Balaban J connectivity index is 1.50. The standard InChI is InChI=1S/C33H30O2/c1-4-11-27-13-7-9-15-32(27)34-29-21-17-25(18-22-29)31(6-3)26-19-23-30(24-20-26)35-33-16-10-8-14-28(33)12-5-2/h4-24H,1-3H3/b11-4+,12-5+. The van der Waals surface area contributed by atoms with Gasteiger partial charge in [-0.2, -0.15) is 0 Å². The third-order valence-electron chi connectivity index (χ3n) is 5.61. The Hall–Kier alpha value is -4.30. The van der Waals surface area contributed by atoms with Crippen LogP contribution in [0.4, 0.5) is 0 Å². The molecule has 0 aliphatic heterocycles. The summed E-state index contributed by atoms with van der Waals surface area (Å²) in [6.45, 7) is 6.07. The predicted octanol–water partition coefficient (Wildman–Crippen LogP) is 9.79. The number of allylic oxidation sites excluding steroid dienone is 3. The minimum absolute atomic E-state index is 0.810. The van der Waals surface area contributed by atoms with Crippen LogP contribution in [0.2, 0.25) is 0 Å². The molecule has 0 saturated heterocycles. The maximum Gasteiger partial charge on any atom is 0.134 e. The van der Waals surface area contributed by atoms with Gasteiger partial charge in [-0.15, -0.1) is 0 Å². The van der Waals surface area contributed by atoms with Gasteiger partial charge < -0.3 is 9.47 Å². The van der Waals surface area contributed by atoms with E-state index in [-0.39, 0.29) is 0 Å². The summed E-state index contributed by atoms with van der Waals surface area (Å²) in [4.78, 5) is 0.